The van der Waals surface area contributed by atoms with Gasteiger partial charge in [0.25, 0.3) is 0 Å². The Labute approximate surface area is 239 Å². The van der Waals surface area contributed by atoms with Crippen LogP contribution in [0.2, 0.25) is 0 Å². The average Bonchev–Trinajstić information content (AvgIpc) is 3.40. The van der Waals surface area contributed by atoms with Crippen LogP contribution in [0.15, 0.2) is 168 Å². The Kier molecular flexibility index (Phi) is 5.99. The molecule has 4 aromatic carbocycles. The van der Waals surface area contributed by atoms with Gasteiger partial charge < -0.3 is 4.74 Å². The van der Waals surface area contributed by atoms with Crippen LogP contribution in [0.4, 0.5) is 0 Å². The molecule has 0 N–H and O–H groups in total. The van der Waals surface area contributed by atoms with E-state index in [4.69, 9.17) is 4.74 Å². The maximum Gasteiger partial charge on any atom is 0.179 e. The molecule has 0 saturated heterocycles. The Morgan fingerprint density at radius 2 is 1.23 bits per heavy atom. The molecule has 0 saturated carbocycles. The maximum atomic E-state index is 6.25. The Morgan fingerprint density at radius 3 is 1.87 bits per heavy atom. The summed E-state index contributed by atoms with van der Waals surface area (Å²) >= 11 is 3.66. The van der Waals surface area contributed by atoms with Gasteiger partial charge in [-0.1, -0.05) is 149 Å². The van der Waals surface area contributed by atoms with Crippen molar-refractivity contribution in [2.75, 3.05) is 0 Å². The van der Waals surface area contributed by atoms with E-state index < -0.39 is 8.07 Å². The predicted octanol–water partition coefficient (Wildman–Crippen LogP) is 6.52. The molecular weight excluding hydrogens is 556 g/mol. The Balaban J connectivity index is 1.42. The standard InChI is InChI=1S/C36H27BrOSi/c37-29-18-22-33(23-19-29)39(30-11-3-1-4-12-30,31-13-5-2-6-14-31)32-20-16-27(17-21-32)34-15-9-25-36-24-8-7-10-28(36)26-38-35(34)36/h1-24,26H,25H2. The molecular formula is C36H27BrOSi. The molecule has 0 radical (unpaired) electrons. The van der Waals surface area contributed by atoms with Gasteiger partial charge in [0, 0.05) is 15.6 Å². The van der Waals surface area contributed by atoms with E-state index in [9.17, 15) is 0 Å². The van der Waals surface area contributed by atoms with Crippen LogP contribution in [-0.4, -0.2) is 8.07 Å². The molecule has 4 aromatic rings. The highest BCUT2D eigenvalue weighted by atomic mass is 79.9. The van der Waals surface area contributed by atoms with Crippen molar-refractivity contribution in [2.24, 2.45) is 5.41 Å². The molecule has 7 rings (SSSR count). The molecule has 1 heterocycles. The van der Waals surface area contributed by atoms with Crippen molar-refractivity contribution in [3.05, 3.63) is 173 Å². The number of rotatable bonds is 5. The van der Waals surface area contributed by atoms with Crippen LogP contribution in [0.5, 0.6) is 0 Å². The molecule has 2 aliphatic carbocycles. The van der Waals surface area contributed by atoms with Gasteiger partial charge in [0.05, 0.1) is 11.7 Å². The van der Waals surface area contributed by atoms with Crippen molar-refractivity contribution in [1.29, 1.82) is 0 Å². The number of halogens is 1. The monoisotopic (exact) mass is 582 g/mol. The molecule has 1 aliphatic heterocycles. The van der Waals surface area contributed by atoms with Crippen molar-refractivity contribution in [3.8, 4) is 0 Å². The lowest BCUT2D eigenvalue weighted by Crippen LogP contribution is -2.74. The highest BCUT2D eigenvalue weighted by Crippen LogP contribution is 2.53. The number of hydrogen-bond acceptors (Lipinski definition) is 1. The molecule has 0 fully saturated rings. The zero-order valence-corrected chi connectivity index (χ0v) is 24.0. The van der Waals surface area contributed by atoms with Gasteiger partial charge in [-0.15, -0.1) is 0 Å². The lowest BCUT2D eigenvalue weighted by molar-refractivity contribution is 0.314. The Hall–Kier alpha value is -3.92. The molecule has 1 atom stereocenters. The third-order valence-electron chi connectivity index (χ3n) is 8.28. The fourth-order valence-corrected chi connectivity index (χ4v) is 11.4. The summed E-state index contributed by atoms with van der Waals surface area (Å²) in [5, 5.41) is 5.47. The van der Waals surface area contributed by atoms with Crippen molar-refractivity contribution < 1.29 is 4.74 Å². The Bertz CT molecular complexity index is 1640. The quantitative estimate of drug-likeness (QED) is 0.192. The van der Waals surface area contributed by atoms with Gasteiger partial charge in [-0.25, -0.2) is 0 Å². The van der Waals surface area contributed by atoms with Crippen LogP contribution >= 0.6 is 15.9 Å². The molecule has 188 valence electrons. The minimum absolute atomic E-state index is 0.179. The minimum atomic E-state index is -2.57. The van der Waals surface area contributed by atoms with E-state index in [-0.39, 0.29) is 5.41 Å². The van der Waals surface area contributed by atoms with Gasteiger partial charge >= 0.3 is 0 Å². The molecule has 0 amide bonds. The van der Waals surface area contributed by atoms with Crippen LogP contribution in [0, 0.1) is 5.41 Å². The molecule has 1 nitrogen and oxygen atoms in total. The van der Waals surface area contributed by atoms with E-state index in [1.165, 1.54) is 31.9 Å². The number of benzene rings is 4. The van der Waals surface area contributed by atoms with E-state index in [2.05, 4.69) is 162 Å². The lowest BCUT2D eigenvalue weighted by Gasteiger charge is -2.35. The second-order valence-corrected chi connectivity index (χ2v) is 15.0. The summed E-state index contributed by atoms with van der Waals surface area (Å²) in [6, 6.07) is 40.3. The summed E-state index contributed by atoms with van der Waals surface area (Å²) in [7, 11) is -2.57. The zero-order chi connectivity index (χ0) is 26.3. The summed E-state index contributed by atoms with van der Waals surface area (Å²) in [5.74, 6) is 1.04. The van der Waals surface area contributed by atoms with E-state index in [0.29, 0.717) is 0 Å². The maximum absolute atomic E-state index is 6.25. The summed E-state index contributed by atoms with van der Waals surface area (Å²) < 4.78 is 7.34. The molecule has 1 spiro atoms. The number of ether oxygens (including phenoxy) is 1. The first-order valence-electron chi connectivity index (χ1n) is 13.3. The van der Waals surface area contributed by atoms with Gasteiger partial charge in [-0.2, -0.15) is 0 Å². The Morgan fingerprint density at radius 1 is 0.641 bits per heavy atom. The lowest BCUT2D eigenvalue weighted by atomic mass is 9.70. The SMILES string of the molecule is Brc1ccc([Si](c2ccccc2)(c2ccccc2)c2ccc(C3=C4OC=C5C=CC=CC54CC=C3)cc2)cc1. The predicted molar refractivity (Wildman–Crippen MR) is 168 cm³/mol. The van der Waals surface area contributed by atoms with Crippen molar-refractivity contribution in [3.63, 3.8) is 0 Å². The van der Waals surface area contributed by atoms with Gasteiger partial charge in [0.15, 0.2) is 8.07 Å². The number of hydrogen-bond donors (Lipinski definition) is 0. The first-order valence-corrected chi connectivity index (χ1v) is 16.1. The van der Waals surface area contributed by atoms with Crippen LogP contribution in [-0.2, 0) is 4.74 Å². The second-order valence-electron chi connectivity index (χ2n) is 10.3. The highest BCUT2D eigenvalue weighted by molar-refractivity contribution is 9.10. The first kappa shape index (κ1) is 24.1. The average molecular weight is 584 g/mol. The van der Waals surface area contributed by atoms with Crippen LogP contribution < -0.4 is 20.7 Å². The summed E-state index contributed by atoms with van der Waals surface area (Å²) in [6.45, 7) is 0. The van der Waals surface area contributed by atoms with Gasteiger partial charge in [-0.05, 0) is 44.9 Å². The first-order chi connectivity index (χ1) is 19.2. The fraction of sp³-hybridized carbons (Fsp3) is 0.0556. The second kappa shape index (κ2) is 9.67. The molecule has 39 heavy (non-hydrogen) atoms. The van der Waals surface area contributed by atoms with Crippen LogP contribution in [0.25, 0.3) is 5.57 Å². The third kappa shape index (κ3) is 3.80. The third-order valence-corrected chi connectivity index (χ3v) is 13.6. The zero-order valence-electron chi connectivity index (χ0n) is 21.4. The molecule has 3 aliphatic rings. The highest BCUT2D eigenvalue weighted by Gasteiger charge is 2.44. The van der Waals surface area contributed by atoms with E-state index in [0.717, 1.165) is 22.2 Å². The summed E-state index contributed by atoms with van der Waals surface area (Å²) in [4.78, 5) is 0. The van der Waals surface area contributed by atoms with Crippen LogP contribution in [0.1, 0.15) is 12.0 Å². The molecule has 0 bridgehead atoms. The topological polar surface area (TPSA) is 9.23 Å². The van der Waals surface area contributed by atoms with E-state index in [1.54, 1.807) is 0 Å². The van der Waals surface area contributed by atoms with Gasteiger partial charge in [-0.3, -0.25) is 0 Å². The molecule has 0 aromatic heterocycles. The summed E-state index contributed by atoms with van der Waals surface area (Å²) in [5.41, 5.74) is 3.39. The number of allylic oxidation sites excluding steroid dienone is 7. The smallest absolute Gasteiger partial charge is 0.179 e. The summed E-state index contributed by atoms with van der Waals surface area (Å²) in [6.07, 6.45) is 16.1. The van der Waals surface area contributed by atoms with Crippen LogP contribution in [0.3, 0.4) is 0 Å². The van der Waals surface area contributed by atoms with Crippen molar-refractivity contribution in [1.82, 2.24) is 0 Å². The van der Waals surface area contributed by atoms with Crippen molar-refractivity contribution in [2.45, 2.75) is 6.42 Å². The van der Waals surface area contributed by atoms with Gasteiger partial charge in [0.2, 0.25) is 0 Å². The van der Waals surface area contributed by atoms with E-state index >= 15 is 0 Å². The largest absolute Gasteiger partial charge is 0.467 e. The minimum Gasteiger partial charge on any atom is -0.467 e. The fourth-order valence-electron chi connectivity index (χ4n) is 6.43. The molecule has 1 unspecified atom stereocenters. The van der Waals surface area contributed by atoms with Gasteiger partial charge in [0.1, 0.15) is 5.76 Å². The normalized spacial score (nSPS) is 19.4. The van der Waals surface area contributed by atoms with Crippen molar-refractivity contribution >= 4 is 50.3 Å². The van der Waals surface area contributed by atoms with E-state index in [1.807, 2.05) is 6.26 Å². The molecule has 3 heteroatoms.